The summed E-state index contributed by atoms with van der Waals surface area (Å²) in [5, 5.41) is 8.69. The molecule has 1 aromatic rings. The van der Waals surface area contributed by atoms with E-state index in [1.807, 2.05) is 18.0 Å². The summed E-state index contributed by atoms with van der Waals surface area (Å²) in [6.07, 6.45) is 0.731. The number of methoxy groups -OCH3 is 1. The van der Waals surface area contributed by atoms with Crippen molar-refractivity contribution < 1.29 is 14.2 Å². The molecule has 4 heteroatoms. The van der Waals surface area contributed by atoms with Crippen LogP contribution >= 0.6 is 0 Å². The van der Waals surface area contributed by atoms with E-state index in [4.69, 9.17) is 9.84 Å². The highest BCUT2D eigenvalue weighted by atomic mass is 19.1. The molecule has 0 spiro atoms. The van der Waals surface area contributed by atoms with Gasteiger partial charge in [0.05, 0.1) is 7.11 Å². The largest absolute Gasteiger partial charge is 0.494 e. The third-order valence-corrected chi connectivity index (χ3v) is 2.37. The molecule has 0 radical (unpaired) electrons. The molecular weight excluding hydrogens is 209 g/mol. The zero-order valence-electron chi connectivity index (χ0n) is 9.74. The van der Waals surface area contributed by atoms with Gasteiger partial charge in [-0.05, 0) is 31.2 Å². The second kappa shape index (κ2) is 6.45. The van der Waals surface area contributed by atoms with E-state index in [2.05, 4.69) is 0 Å². The quantitative estimate of drug-likeness (QED) is 0.802. The third-order valence-electron chi connectivity index (χ3n) is 2.37. The van der Waals surface area contributed by atoms with Gasteiger partial charge in [0.25, 0.3) is 0 Å². The maximum absolute atomic E-state index is 13.4. The minimum absolute atomic E-state index is 0.182. The van der Waals surface area contributed by atoms with Crippen molar-refractivity contribution in [2.45, 2.75) is 13.0 Å². The lowest BCUT2D eigenvalue weighted by Gasteiger charge is -2.16. The molecule has 0 aliphatic rings. The van der Waals surface area contributed by atoms with Crippen LogP contribution in [-0.4, -0.2) is 37.3 Å². The van der Waals surface area contributed by atoms with Gasteiger partial charge in [-0.25, -0.2) is 4.39 Å². The van der Waals surface area contributed by atoms with Crippen LogP contribution in [-0.2, 0) is 6.54 Å². The fourth-order valence-corrected chi connectivity index (χ4v) is 1.54. The molecule has 1 rings (SSSR count). The molecule has 90 valence electrons. The summed E-state index contributed by atoms with van der Waals surface area (Å²) in [6.45, 7) is 1.65. The van der Waals surface area contributed by atoms with E-state index in [0.717, 1.165) is 18.5 Å². The Hall–Kier alpha value is -1.13. The fourth-order valence-electron chi connectivity index (χ4n) is 1.54. The zero-order chi connectivity index (χ0) is 12.0. The normalized spacial score (nSPS) is 10.8. The van der Waals surface area contributed by atoms with Gasteiger partial charge in [0, 0.05) is 19.7 Å². The Labute approximate surface area is 95.5 Å². The maximum atomic E-state index is 13.4. The Balaban J connectivity index is 2.57. The van der Waals surface area contributed by atoms with Crippen LogP contribution in [0.4, 0.5) is 4.39 Å². The van der Waals surface area contributed by atoms with Gasteiger partial charge >= 0.3 is 0 Å². The second-order valence-corrected chi connectivity index (χ2v) is 3.78. The van der Waals surface area contributed by atoms with E-state index < -0.39 is 0 Å². The van der Waals surface area contributed by atoms with Gasteiger partial charge in [-0.15, -0.1) is 0 Å². The van der Waals surface area contributed by atoms with Crippen LogP contribution in [0.15, 0.2) is 18.2 Å². The number of halogens is 1. The molecule has 0 atom stereocenters. The summed E-state index contributed by atoms with van der Waals surface area (Å²) >= 11 is 0. The SMILES string of the molecule is COc1ccc(CN(C)CCCO)cc1F. The molecular formula is C12H18FNO2. The Morgan fingerprint density at radius 3 is 2.75 bits per heavy atom. The second-order valence-electron chi connectivity index (χ2n) is 3.78. The van der Waals surface area contributed by atoms with E-state index in [1.165, 1.54) is 13.2 Å². The summed E-state index contributed by atoms with van der Waals surface area (Å²) < 4.78 is 18.2. The number of hydrogen-bond donors (Lipinski definition) is 1. The highest BCUT2D eigenvalue weighted by Gasteiger charge is 2.05. The van der Waals surface area contributed by atoms with Crippen LogP contribution < -0.4 is 4.74 Å². The lowest BCUT2D eigenvalue weighted by molar-refractivity contribution is 0.244. The van der Waals surface area contributed by atoms with Crippen molar-refractivity contribution in [1.82, 2.24) is 4.90 Å². The van der Waals surface area contributed by atoms with Crippen molar-refractivity contribution in [1.29, 1.82) is 0 Å². The number of nitrogens with zero attached hydrogens (tertiary/aromatic N) is 1. The summed E-state index contributed by atoms with van der Waals surface area (Å²) in [5.41, 5.74) is 0.902. The third kappa shape index (κ3) is 3.79. The fraction of sp³-hybridized carbons (Fsp3) is 0.500. The van der Waals surface area contributed by atoms with E-state index in [0.29, 0.717) is 6.54 Å². The summed E-state index contributed by atoms with van der Waals surface area (Å²) in [6, 6.07) is 4.95. The molecule has 1 aromatic carbocycles. The van der Waals surface area contributed by atoms with Crippen LogP contribution in [0.2, 0.25) is 0 Å². The molecule has 0 fully saturated rings. The molecule has 0 heterocycles. The standard InChI is InChI=1S/C12H18FNO2/c1-14(6-3-7-15)9-10-4-5-12(16-2)11(13)8-10/h4-5,8,15H,3,6-7,9H2,1-2H3. The maximum Gasteiger partial charge on any atom is 0.165 e. The van der Waals surface area contributed by atoms with Crippen molar-refractivity contribution in [3.8, 4) is 5.75 Å². The lowest BCUT2D eigenvalue weighted by Crippen LogP contribution is -2.19. The molecule has 0 amide bonds. The molecule has 0 bridgehead atoms. The molecule has 0 saturated heterocycles. The van der Waals surface area contributed by atoms with Crippen LogP contribution in [0, 0.1) is 5.82 Å². The van der Waals surface area contributed by atoms with Crippen molar-refractivity contribution >= 4 is 0 Å². The van der Waals surface area contributed by atoms with Gasteiger partial charge < -0.3 is 14.7 Å². The Kier molecular flexibility index (Phi) is 5.22. The number of aliphatic hydroxyl groups excluding tert-OH is 1. The van der Waals surface area contributed by atoms with Gasteiger partial charge in [0.15, 0.2) is 11.6 Å². The van der Waals surface area contributed by atoms with Crippen LogP contribution in [0.5, 0.6) is 5.75 Å². The number of rotatable bonds is 6. The first-order valence-electron chi connectivity index (χ1n) is 5.29. The average molecular weight is 227 g/mol. The minimum Gasteiger partial charge on any atom is -0.494 e. The van der Waals surface area contributed by atoms with E-state index in [-0.39, 0.29) is 18.2 Å². The number of benzene rings is 1. The molecule has 0 aliphatic heterocycles. The molecule has 0 saturated carbocycles. The van der Waals surface area contributed by atoms with E-state index in [1.54, 1.807) is 6.07 Å². The Morgan fingerprint density at radius 1 is 1.44 bits per heavy atom. The predicted molar refractivity (Wildman–Crippen MR) is 61.0 cm³/mol. The van der Waals surface area contributed by atoms with E-state index >= 15 is 0 Å². The molecule has 1 N–H and O–H groups in total. The molecule has 0 aromatic heterocycles. The van der Waals surface area contributed by atoms with Gasteiger partial charge in [-0.2, -0.15) is 0 Å². The first-order valence-corrected chi connectivity index (χ1v) is 5.29. The van der Waals surface area contributed by atoms with Crippen LogP contribution in [0.25, 0.3) is 0 Å². The predicted octanol–water partition coefficient (Wildman–Crippen LogP) is 1.65. The van der Waals surface area contributed by atoms with Crippen LogP contribution in [0.3, 0.4) is 0 Å². The smallest absolute Gasteiger partial charge is 0.165 e. The lowest BCUT2D eigenvalue weighted by atomic mass is 10.2. The van der Waals surface area contributed by atoms with Crippen molar-refractivity contribution in [2.75, 3.05) is 27.3 Å². The molecule has 3 nitrogen and oxygen atoms in total. The van der Waals surface area contributed by atoms with Crippen molar-refractivity contribution in [3.63, 3.8) is 0 Å². The topological polar surface area (TPSA) is 32.7 Å². The van der Waals surface area contributed by atoms with Crippen LogP contribution in [0.1, 0.15) is 12.0 Å². The van der Waals surface area contributed by atoms with Gasteiger partial charge in [-0.3, -0.25) is 0 Å². The summed E-state index contributed by atoms with van der Waals surface area (Å²) in [7, 11) is 3.39. The number of aliphatic hydroxyl groups is 1. The monoisotopic (exact) mass is 227 g/mol. The highest BCUT2D eigenvalue weighted by molar-refractivity contribution is 5.29. The first kappa shape index (κ1) is 12.9. The van der Waals surface area contributed by atoms with Gasteiger partial charge in [0.1, 0.15) is 0 Å². The minimum atomic E-state index is -0.337. The summed E-state index contributed by atoms with van der Waals surface area (Å²) in [4.78, 5) is 2.04. The number of hydrogen-bond acceptors (Lipinski definition) is 3. The van der Waals surface area contributed by atoms with Gasteiger partial charge in [-0.1, -0.05) is 6.07 Å². The zero-order valence-corrected chi connectivity index (χ0v) is 9.74. The molecule has 16 heavy (non-hydrogen) atoms. The molecule has 0 aliphatic carbocycles. The van der Waals surface area contributed by atoms with Crippen molar-refractivity contribution in [3.05, 3.63) is 29.6 Å². The van der Waals surface area contributed by atoms with E-state index in [9.17, 15) is 4.39 Å². The Morgan fingerprint density at radius 2 is 2.19 bits per heavy atom. The van der Waals surface area contributed by atoms with Crippen molar-refractivity contribution in [2.24, 2.45) is 0 Å². The first-order chi connectivity index (χ1) is 7.67. The average Bonchev–Trinajstić information content (AvgIpc) is 2.26. The summed E-state index contributed by atoms with van der Waals surface area (Å²) in [5.74, 6) is -0.0719. The van der Waals surface area contributed by atoms with Gasteiger partial charge in [0.2, 0.25) is 0 Å². The Bertz CT molecular complexity index is 331. The highest BCUT2D eigenvalue weighted by Crippen LogP contribution is 2.18. The molecule has 0 unspecified atom stereocenters. The number of ether oxygens (including phenoxy) is 1.